The quantitative estimate of drug-likeness (QED) is 0.369. The maximum absolute atomic E-state index is 12.9. The van der Waals surface area contributed by atoms with Gasteiger partial charge in [-0.2, -0.15) is 13.2 Å². The summed E-state index contributed by atoms with van der Waals surface area (Å²) in [6.45, 7) is 0.638. The van der Waals surface area contributed by atoms with Gasteiger partial charge in [0.15, 0.2) is 11.5 Å². The summed E-state index contributed by atoms with van der Waals surface area (Å²) in [6, 6.07) is 17.6. The van der Waals surface area contributed by atoms with Crippen LogP contribution in [0.5, 0.6) is 17.2 Å². The number of carbonyl (C=O) groups excluding carboxylic acids is 1. The number of nitrogens with one attached hydrogen (secondary N) is 1. The molecule has 0 saturated carbocycles. The van der Waals surface area contributed by atoms with Crippen LogP contribution in [0.2, 0.25) is 0 Å². The van der Waals surface area contributed by atoms with Crippen LogP contribution in [0.15, 0.2) is 66.7 Å². The van der Waals surface area contributed by atoms with Crippen LogP contribution in [-0.4, -0.2) is 26.2 Å². The van der Waals surface area contributed by atoms with Crippen molar-refractivity contribution >= 4 is 23.2 Å². The lowest BCUT2D eigenvalue weighted by Gasteiger charge is -2.11. The zero-order valence-corrected chi connectivity index (χ0v) is 17.6. The van der Waals surface area contributed by atoms with E-state index in [9.17, 15) is 18.0 Å². The molecule has 33 heavy (non-hydrogen) atoms. The number of hydrogen-bond donors (Lipinski definition) is 1. The van der Waals surface area contributed by atoms with Gasteiger partial charge in [-0.15, -0.1) is 0 Å². The summed E-state index contributed by atoms with van der Waals surface area (Å²) in [7, 11) is 1.57. The van der Waals surface area contributed by atoms with Crippen molar-refractivity contribution in [1.29, 1.82) is 0 Å². The molecule has 0 spiro atoms. The minimum atomic E-state index is -4.47. The topological polar surface area (TPSA) is 56.8 Å². The van der Waals surface area contributed by atoms with Gasteiger partial charge in [-0.25, -0.2) is 0 Å². The van der Waals surface area contributed by atoms with Crippen molar-refractivity contribution in [3.05, 3.63) is 83.4 Å². The summed E-state index contributed by atoms with van der Waals surface area (Å²) in [5.74, 6) is 1.44. The SMILES string of the molecule is COc1ccccc1OCCOc1ccc(/C=C2/C(=O)Nc3cc(C(F)(F)F)ccc32)cc1. The molecule has 0 saturated heterocycles. The molecule has 1 aliphatic rings. The number of carbonyl (C=O) groups is 1. The third-order valence-corrected chi connectivity index (χ3v) is 5.00. The largest absolute Gasteiger partial charge is 0.493 e. The van der Waals surface area contributed by atoms with Crippen LogP contribution in [0.3, 0.4) is 0 Å². The van der Waals surface area contributed by atoms with Gasteiger partial charge in [0.1, 0.15) is 19.0 Å². The number of fused-ring (bicyclic) bond motifs is 1. The number of amides is 1. The van der Waals surface area contributed by atoms with Crippen LogP contribution in [0.1, 0.15) is 16.7 Å². The van der Waals surface area contributed by atoms with Crippen LogP contribution in [-0.2, 0) is 11.0 Å². The molecule has 0 bridgehead atoms. The summed E-state index contributed by atoms with van der Waals surface area (Å²) in [5.41, 5.74) is 0.792. The van der Waals surface area contributed by atoms with Gasteiger partial charge in [0.2, 0.25) is 0 Å². The first-order chi connectivity index (χ1) is 15.8. The molecule has 1 N–H and O–H groups in total. The molecule has 1 amide bonds. The number of anilines is 1. The zero-order valence-electron chi connectivity index (χ0n) is 17.6. The van der Waals surface area contributed by atoms with Crippen LogP contribution in [0.25, 0.3) is 11.6 Å². The van der Waals surface area contributed by atoms with Gasteiger partial charge < -0.3 is 19.5 Å². The second kappa shape index (κ2) is 9.28. The highest BCUT2D eigenvalue weighted by atomic mass is 19.4. The van der Waals surface area contributed by atoms with E-state index in [0.717, 1.165) is 12.1 Å². The van der Waals surface area contributed by atoms with Crippen molar-refractivity contribution in [2.45, 2.75) is 6.18 Å². The standard InChI is InChI=1S/C25H20F3NO4/c1-31-22-4-2-3-5-23(22)33-13-12-32-18-9-6-16(7-10-18)14-20-19-11-8-17(25(26,27)28)15-21(19)29-24(20)30/h2-11,14-15H,12-13H2,1H3,(H,29,30)/b20-14+. The van der Waals surface area contributed by atoms with E-state index in [1.165, 1.54) is 6.07 Å². The fraction of sp³-hybridized carbons (Fsp3) is 0.160. The lowest BCUT2D eigenvalue weighted by atomic mass is 10.0. The van der Waals surface area contributed by atoms with E-state index >= 15 is 0 Å². The fourth-order valence-electron chi connectivity index (χ4n) is 3.39. The molecule has 0 aromatic heterocycles. The second-order valence-electron chi connectivity index (χ2n) is 7.19. The second-order valence-corrected chi connectivity index (χ2v) is 7.19. The molecule has 170 valence electrons. The normalized spacial score (nSPS) is 14.1. The Morgan fingerprint density at radius 3 is 2.30 bits per heavy atom. The summed E-state index contributed by atoms with van der Waals surface area (Å²) in [6.07, 6.45) is -2.84. The Morgan fingerprint density at radius 1 is 0.909 bits per heavy atom. The zero-order chi connectivity index (χ0) is 23.4. The van der Waals surface area contributed by atoms with Gasteiger partial charge in [0.25, 0.3) is 5.91 Å². The first-order valence-electron chi connectivity index (χ1n) is 10.1. The van der Waals surface area contributed by atoms with E-state index in [0.29, 0.717) is 47.2 Å². The molecule has 4 rings (SSSR count). The molecular weight excluding hydrogens is 435 g/mol. The van der Waals surface area contributed by atoms with Gasteiger partial charge in [-0.05, 0) is 48.0 Å². The highest BCUT2D eigenvalue weighted by molar-refractivity contribution is 6.34. The summed E-state index contributed by atoms with van der Waals surface area (Å²) in [5, 5.41) is 2.49. The Hall–Kier alpha value is -3.94. The van der Waals surface area contributed by atoms with E-state index in [1.54, 1.807) is 37.5 Å². The number of para-hydroxylation sites is 2. The Bertz CT molecular complexity index is 1190. The Kier molecular flexibility index (Phi) is 6.26. The highest BCUT2D eigenvalue weighted by Crippen LogP contribution is 2.38. The van der Waals surface area contributed by atoms with Crippen molar-refractivity contribution in [3.63, 3.8) is 0 Å². The molecule has 3 aromatic rings. The molecule has 0 atom stereocenters. The fourth-order valence-corrected chi connectivity index (χ4v) is 3.39. The van der Waals surface area contributed by atoms with Crippen molar-refractivity contribution in [2.24, 2.45) is 0 Å². The van der Waals surface area contributed by atoms with E-state index in [4.69, 9.17) is 14.2 Å². The monoisotopic (exact) mass is 455 g/mol. The van der Waals surface area contributed by atoms with Crippen LogP contribution < -0.4 is 19.5 Å². The predicted molar refractivity (Wildman–Crippen MR) is 118 cm³/mol. The molecular formula is C25H20F3NO4. The molecule has 5 nitrogen and oxygen atoms in total. The highest BCUT2D eigenvalue weighted by Gasteiger charge is 2.33. The molecule has 1 heterocycles. The average Bonchev–Trinajstić information content (AvgIpc) is 3.11. The smallest absolute Gasteiger partial charge is 0.416 e. The van der Waals surface area contributed by atoms with Crippen molar-refractivity contribution in [2.75, 3.05) is 25.6 Å². The number of ether oxygens (including phenoxy) is 3. The van der Waals surface area contributed by atoms with Crippen molar-refractivity contribution < 1.29 is 32.2 Å². The molecule has 0 radical (unpaired) electrons. The molecule has 3 aromatic carbocycles. The Morgan fingerprint density at radius 2 is 1.61 bits per heavy atom. The lowest BCUT2D eigenvalue weighted by molar-refractivity contribution is -0.137. The molecule has 0 fully saturated rings. The molecule has 0 unspecified atom stereocenters. The predicted octanol–water partition coefficient (Wildman–Crippen LogP) is 5.66. The summed E-state index contributed by atoms with van der Waals surface area (Å²) >= 11 is 0. The van der Waals surface area contributed by atoms with E-state index in [-0.39, 0.29) is 5.69 Å². The third-order valence-electron chi connectivity index (χ3n) is 5.00. The van der Waals surface area contributed by atoms with E-state index < -0.39 is 17.6 Å². The number of hydrogen-bond acceptors (Lipinski definition) is 4. The van der Waals surface area contributed by atoms with E-state index in [1.807, 2.05) is 24.3 Å². The number of rotatable bonds is 7. The summed E-state index contributed by atoms with van der Waals surface area (Å²) in [4.78, 5) is 12.3. The Labute approximate surface area is 188 Å². The molecule has 0 aliphatic carbocycles. The van der Waals surface area contributed by atoms with Gasteiger partial charge in [-0.3, -0.25) is 4.79 Å². The van der Waals surface area contributed by atoms with Crippen LogP contribution >= 0.6 is 0 Å². The van der Waals surface area contributed by atoms with E-state index in [2.05, 4.69) is 5.32 Å². The molecule has 1 aliphatic heterocycles. The summed E-state index contributed by atoms with van der Waals surface area (Å²) < 4.78 is 55.3. The number of benzene rings is 3. The van der Waals surface area contributed by atoms with Gasteiger partial charge in [0.05, 0.1) is 12.7 Å². The van der Waals surface area contributed by atoms with Gasteiger partial charge in [0, 0.05) is 16.8 Å². The number of alkyl halides is 3. The first-order valence-corrected chi connectivity index (χ1v) is 10.1. The maximum atomic E-state index is 12.9. The van der Waals surface area contributed by atoms with Crippen LogP contribution in [0.4, 0.5) is 18.9 Å². The third kappa shape index (κ3) is 5.11. The average molecular weight is 455 g/mol. The Balaban J connectivity index is 1.38. The maximum Gasteiger partial charge on any atom is 0.416 e. The number of methoxy groups -OCH3 is 1. The molecule has 8 heteroatoms. The van der Waals surface area contributed by atoms with Crippen molar-refractivity contribution in [3.8, 4) is 17.2 Å². The first kappa shape index (κ1) is 22.3. The minimum absolute atomic E-state index is 0.149. The van der Waals surface area contributed by atoms with Gasteiger partial charge in [-0.1, -0.05) is 30.3 Å². The lowest BCUT2D eigenvalue weighted by Crippen LogP contribution is -2.09. The number of halogens is 3. The van der Waals surface area contributed by atoms with Crippen molar-refractivity contribution in [1.82, 2.24) is 0 Å². The minimum Gasteiger partial charge on any atom is -0.493 e. The van der Waals surface area contributed by atoms with Crippen LogP contribution in [0, 0.1) is 0 Å². The van der Waals surface area contributed by atoms with Gasteiger partial charge >= 0.3 is 6.18 Å².